The third-order valence-electron chi connectivity index (χ3n) is 6.10. The fraction of sp³-hybridized carbons (Fsp3) is 0.296. The van der Waals surface area contributed by atoms with Crippen molar-refractivity contribution in [3.63, 3.8) is 0 Å². The Morgan fingerprint density at radius 1 is 0.895 bits per heavy atom. The Bertz CT molecular complexity index is 1260. The largest absolute Gasteiger partial charge is 0.416 e. The number of benzene rings is 3. The standard InChI is InChI=1S/C27H23F7N2O2/c28-22-8-6-17(7-9-22)10-12-36(25(37)38-23-5-1-3-19-4-2-11-35-24(19)23)16-18-13-20(26(29,30)31)15-21(14-18)27(32,33)34/h1,3,5-9,13-15,35H,2,4,10-12,16H2. The quantitative estimate of drug-likeness (QED) is 0.330. The SMILES string of the molecule is O=C(Oc1cccc2c1NCCC2)N(CCc1ccc(F)cc1)Cc1cc(C(F)(F)F)cc(C(F)(F)F)c1. The average Bonchev–Trinajstić information content (AvgIpc) is 2.86. The average molecular weight is 540 g/mol. The number of amides is 1. The molecule has 1 aliphatic heterocycles. The van der Waals surface area contributed by atoms with Crippen LogP contribution in [0.4, 0.5) is 41.2 Å². The van der Waals surface area contributed by atoms with E-state index in [0.29, 0.717) is 29.9 Å². The van der Waals surface area contributed by atoms with Gasteiger partial charge in [0.25, 0.3) is 0 Å². The molecule has 4 rings (SSSR count). The number of hydrogen-bond acceptors (Lipinski definition) is 3. The van der Waals surface area contributed by atoms with E-state index >= 15 is 0 Å². The molecule has 1 heterocycles. The van der Waals surface area contributed by atoms with Gasteiger partial charge in [0.1, 0.15) is 5.82 Å². The number of carbonyl (C=O) groups is 1. The molecule has 0 radical (unpaired) electrons. The number of rotatable bonds is 6. The number of anilines is 1. The zero-order chi connectivity index (χ0) is 27.5. The maximum Gasteiger partial charge on any atom is 0.416 e. The first-order valence-electron chi connectivity index (χ1n) is 11.8. The van der Waals surface area contributed by atoms with Gasteiger partial charge in [0.05, 0.1) is 16.8 Å². The van der Waals surface area contributed by atoms with Crippen LogP contribution in [0.25, 0.3) is 0 Å². The summed E-state index contributed by atoms with van der Waals surface area (Å²) in [4.78, 5) is 14.2. The number of para-hydroxylation sites is 1. The molecule has 0 aromatic heterocycles. The number of fused-ring (bicyclic) bond motifs is 1. The van der Waals surface area contributed by atoms with Crippen molar-refractivity contribution < 1.29 is 40.3 Å². The van der Waals surface area contributed by atoms with E-state index in [1.54, 1.807) is 12.1 Å². The fourth-order valence-corrected chi connectivity index (χ4v) is 4.20. The molecule has 4 nitrogen and oxygen atoms in total. The van der Waals surface area contributed by atoms with Crippen molar-refractivity contribution in [2.75, 3.05) is 18.4 Å². The summed E-state index contributed by atoms with van der Waals surface area (Å²) in [5, 5.41) is 3.16. The molecule has 0 fully saturated rings. The molecule has 3 aromatic carbocycles. The second kappa shape index (κ2) is 10.9. The van der Waals surface area contributed by atoms with Gasteiger partial charge in [-0.1, -0.05) is 24.3 Å². The van der Waals surface area contributed by atoms with Gasteiger partial charge in [0.15, 0.2) is 5.75 Å². The van der Waals surface area contributed by atoms with Crippen molar-refractivity contribution in [2.24, 2.45) is 0 Å². The number of nitrogens with zero attached hydrogens (tertiary/aromatic N) is 1. The molecule has 0 atom stereocenters. The minimum Gasteiger partial charge on any atom is -0.408 e. The van der Waals surface area contributed by atoms with Crippen molar-refractivity contribution >= 4 is 11.8 Å². The Balaban J connectivity index is 1.64. The van der Waals surface area contributed by atoms with E-state index in [2.05, 4.69) is 5.32 Å². The predicted molar refractivity (Wildman–Crippen MR) is 126 cm³/mol. The Hall–Kier alpha value is -3.76. The highest BCUT2D eigenvalue weighted by atomic mass is 19.4. The van der Waals surface area contributed by atoms with E-state index in [0.717, 1.165) is 23.3 Å². The van der Waals surface area contributed by atoms with Gasteiger partial charge in [-0.05, 0) is 72.4 Å². The van der Waals surface area contributed by atoms with E-state index in [-0.39, 0.29) is 30.3 Å². The molecule has 0 bridgehead atoms. The lowest BCUT2D eigenvalue weighted by Gasteiger charge is -2.25. The smallest absolute Gasteiger partial charge is 0.408 e. The van der Waals surface area contributed by atoms with Crippen molar-refractivity contribution in [1.29, 1.82) is 0 Å². The molecule has 1 N–H and O–H groups in total. The summed E-state index contributed by atoms with van der Waals surface area (Å²) in [6, 6.07) is 11.7. The molecule has 1 amide bonds. The van der Waals surface area contributed by atoms with Crippen molar-refractivity contribution in [2.45, 2.75) is 38.2 Å². The van der Waals surface area contributed by atoms with E-state index < -0.39 is 41.9 Å². The molecule has 0 aliphatic carbocycles. The van der Waals surface area contributed by atoms with Gasteiger partial charge < -0.3 is 15.0 Å². The monoisotopic (exact) mass is 540 g/mol. The van der Waals surface area contributed by atoms with E-state index in [9.17, 15) is 35.5 Å². The van der Waals surface area contributed by atoms with Crippen LogP contribution in [0, 0.1) is 5.82 Å². The van der Waals surface area contributed by atoms with Crippen LogP contribution in [0.15, 0.2) is 60.7 Å². The van der Waals surface area contributed by atoms with Gasteiger partial charge in [-0.2, -0.15) is 26.3 Å². The normalized spacial score (nSPS) is 13.4. The molecule has 202 valence electrons. The summed E-state index contributed by atoms with van der Waals surface area (Å²) in [7, 11) is 0. The van der Waals surface area contributed by atoms with Crippen LogP contribution in [0.2, 0.25) is 0 Å². The zero-order valence-electron chi connectivity index (χ0n) is 19.9. The molecular formula is C27H23F7N2O2. The Morgan fingerprint density at radius 3 is 2.18 bits per heavy atom. The maximum absolute atomic E-state index is 13.4. The molecule has 0 spiro atoms. The first-order chi connectivity index (χ1) is 17.9. The van der Waals surface area contributed by atoms with Crippen molar-refractivity contribution in [3.05, 3.63) is 94.3 Å². The Morgan fingerprint density at radius 2 is 1.55 bits per heavy atom. The van der Waals surface area contributed by atoms with Crippen LogP contribution in [-0.2, 0) is 31.7 Å². The van der Waals surface area contributed by atoms with Gasteiger partial charge in [0.2, 0.25) is 0 Å². The molecule has 1 aliphatic rings. The third-order valence-corrected chi connectivity index (χ3v) is 6.10. The van der Waals surface area contributed by atoms with Gasteiger partial charge in [-0.25, -0.2) is 9.18 Å². The van der Waals surface area contributed by atoms with Crippen molar-refractivity contribution in [1.82, 2.24) is 4.90 Å². The highest BCUT2D eigenvalue weighted by molar-refractivity contribution is 5.75. The van der Waals surface area contributed by atoms with Crippen molar-refractivity contribution in [3.8, 4) is 5.75 Å². The van der Waals surface area contributed by atoms with Crippen LogP contribution in [-0.4, -0.2) is 24.1 Å². The Kier molecular flexibility index (Phi) is 7.84. The minimum absolute atomic E-state index is 0.0343. The summed E-state index contributed by atoms with van der Waals surface area (Å²) >= 11 is 0. The number of alkyl halides is 6. The third kappa shape index (κ3) is 6.76. The van der Waals surface area contributed by atoms with Crippen LogP contribution in [0.5, 0.6) is 5.75 Å². The van der Waals surface area contributed by atoms with Gasteiger partial charge >= 0.3 is 18.4 Å². The van der Waals surface area contributed by atoms with Gasteiger partial charge in [0, 0.05) is 19.6 Å². The first-order valence-corrected chi connectivity index (χ1v) is 11.8. The topological polar surface area (TPSA) is 41.6 Å². The molecule has 0 saturated heterocycles. The second-order valence-electron chi connectivity index (χ2n) is 8.90. The lowest BCUT2D eigenvalue weighted by Crippen LogP contribution is -2.35. The van der Waals surface area contributed by atoms with Crippen LogP contribution in [0.3, 0.4) is 0 Å². The minimum atomic E-state index is -5.02. The van der Waals surface area contributed by atoms with E-state index in [4.69, 9.17) is 4.74 Å². The summed E-state index contributed by atoms with van der Waals surface area (Å²) < 4.78 is 99.1. The first kappa shape index (κ1) is 27.3. The maximum atomic E-state index is 13.4. The van der Waals surface area contributed by atoms with E-state index in [1.807, 2.05) is 6.07 Å². The lowest BCUT2D eigenvalue weighted by molar-refractivity contribution is -0.143. The predicted octanol–water partition coefficient (Wildman–Crippen LogP) is 7.47. The molecule has 3 aromatic rings. The molecule has 0 unspecified atom stereocenters. The summed E-state index contributed by atoms with van der Waals surface area (Å²) in [5.74, 6) is -0.269. The van der Waals surface area contributed by atoms with Crippen LogP contribution >= 0.6 is 0 Å². The van der Waals surface area contributed by atoms with Gasteiger partial charge in [-0.15, -0.1) is 0 Å². The fourth-order valence-electron chi connectivity index (χ4n) is 4.20. The molecular weight excluding hydrogens is 517 g/mol. The highest BCUT2D eigenvalue weighted by Crippen LogP contribution is 2.37. The number of hydrogen-bond donors (Lipinski definition) is 1. The zero-order valence-corrected chi connectivity index (χ0v) is 19.9. The summed E-state index contributed by atoms with van der Waals surface area (Å²) in [5.41, 5.74) is -1.17. The lowest BCUT2D eigenvalue weighted by atomic mass is 10.0. The molecule has 38 heavy (non-hydrogen) atoms. The number of halogens is 7. The molecule has 0 saturated carbocycles. The summed E-state index contributed by atoms with van der Waals surface area (Å²) in [6.07, 6.45) is -9.20. The van der Waals surface area contributed by atoms with E-state index in [1.165, 1.54) is 24.3 Å². The number of ether oxygens (including phenoxy) is 1. The molecule has 11 heteroatoms. The van der Waals surface area contributed by atoms with Crippen LogP contribution < -0.4 is 10.1 Å². The Labute approximate surface area is 214 Å². The van der Waals surface area contributed by atoms with Gasteiger partial charge in [-0.3, -0.25) is 0 Å². The second-order valence-corrected chi connectivity index (χ2v) is 8.90. The number of aryl methyl sites for hydroxylation is 1. The summed E-state index contributed by atoms with van der Waals surface area (Å²) in [6.45, 7) is -0.0275. The van der Waals surface area contributed by atoms with Crippen LogP contribution in [0.1, 0.15) is 34.2 Å². The highest BCUT2D eigenvalue weighted by Gasteiger charge is 2.37. The number of nitrogens with one attached hydrogen (secondary N) is 1. The number of carbonyl (C=O) groups excluding carboxylic acids is 1.